The maximum atomic E-state index is 12.1. The highest BCUT2D eigenvalue weighted by Crippen LogP contribution is 2.27. The fraction of sp³-hybridized carbons (Fsp3) is 0.667. The Bertz CT molecular complexity index is 514. The van der Waals surface area contributed by atoms with E-state index in [0.29, 0.717) is 5.69 Å². The number of hydrogen-bond acceptors (Lipinski definition) is 5. The molecule has 1 aromatic heterocycles. The SMILES string of the molecule is Cc1nc(Cl)sc1S(=O)(=O)NC1CCN(C)C1. The van der Waals surface area contributed by atoms with Crippen LogP contribution >= 0.6 is 22.9 Å². The summed E-state index contributed by atoms with van der Waals surface area (Å²) < 4.78 is 27.4. The Morgan fingerprint density at radius 3 is 2.76 bits per heavy atom. The van der Waals surface area contributed by atoms with Gasteiger partial charge in [0.1, 0.15) is 0 Å². The van der Waals surface area contributed by atoms with Gasteiger partial charge in [-0.05, 0) is 26.9 Å². The minimum Gasteiger partial charge on any atom is -0.305 e. The standard InChI is InChI=1S/C9H14ClN3O2S2/c1-6-8(16-9(10)11-6)17(14,15)12-7-3-4-13(2)5-7/h7,12H,3-5H2,1-2H3. The van der Waals surface area contributed by atoms with E-state index in [9.17, 15) is 8.42 Å². The van der Waals surface area contributed by atoms with Crippen LogP contribution in [0.15, 0.2) is 4.21 Å². The Balaban J connectivity index is 2.17. The molecule has 1 atom stereocenters. The van der Waals surface area contributed by atoms with E-state index in [1.807, 2.05) is 7.05 Å². The number of nitrogens with one attached hydrogen (secondary N) is 1. The highest BCUT2D eigenvalue weighted by molar-refractivity contribution is 7.91. The Morgan fingerprint density at radius 1 is 1.59 bits per heavy atom. The summed E-state index contributed by atoms with van der Waals surface area (Å²) >= 11 is 6.71. The number of rotatable bonds is 3. The molecular formula is C9H14ClN3O2S2. The zero-order valence-corrected chi connectivity index (χ0v) is 12.0. The molecule has 1 saturated heterocycles. The van der Waals surface area contributed by atoms with Crippen molar-refractivity contribution in [2.75, 3.05) is 20.1 Å². The average molecular weight is 296 g/mol. The molecule has 0 saturated carbocycles. The van der Waals surface area contributed by atoms with E-state index in [-0.39, 0.29) is 14.7 Å². The Hall–Kier alpha value is -0.210. The topological polar surface area (TPSA) is 62.3 Å². The van der Waals surface area contributed by atoms with Crippen LogP contribution in [0.3, 0.4) is 0 Å². The summed E-state index contributed by atoms with van der Waals surface area (Å²) in [5, 5.41) is 0. The van der Waals surface area contributed by atoms with Crippen molar-refractivity contribution in [2.24, 2.45) is 0 Å². The highest BCUT2D eigenvalue weighted by Gasteiger charge is 2.28. The van der Waals surface area contributed by atoms with Crippen LogP contribution in [0.2, 0.25) is 4.47 Å². The fourth-order valence-electron chi connectivity index (χ4n) is 1.90. The van der Waals surface area contributed by atoms with Gasteiger partial charge in [0.2, 0.25) is 0 Å². The molecule has 1 aromatic rings. The first-order valence-corrected chi connectivity index (χ1v) is 7.90. The normalized spacial score (nSPS) is 22.2. The second-order valence-corrected chi connectivity index (χ2v) is 7.70. The molecular weight excluding hydrogens is 282 g/mol. The van der Waals surface area contributed by atoms with Gasteiger partial charge in [-0.15, -0.1) is 0 Å². The van der Waals surface area contributed by atoms with Gasteiger partial charge in [-0.1, -0.05) is 22.9 Å². The van der Waals surface area contributed by atoms with E-state index in [1.165, 1.54) is 0 Å². The summed E-state index contributed by atoms with van der Waals surface area (Å²) in [6.45, 7) is 3.30. The summed E-state index contributed by atoms with van der Waals surface area (Å²) in [5.74, 6) is 0. The molecule has 0 radical (unpaired) electrons. The van der Waals surface area contributed by atoms with Gasteiger partial charge in [0.15, 0.2) is 8.68 Å². The summed E-state index contributed by atoms with van der Waals surface area (Å²) in [4.78, 5) is 6.02. The third-order valence-electron chi connectivity index (χ3n) is 2.69. The molecule has 0 aromatic carbocycles. The highest BCUT2D eigenvalue weighted by atomic mass is 35.5. The zero-order valence-electron chi connectivity index (χ0n) is 9.60. The van der Waals surface area contributed by atoms with Crippen LogP contribution in [0.4, 0.5) is 0 Å². The third kappa shape index (κ3) is 2.97. The lowest BCUT2D eigenvalue weighted by molar-refractivity contribution is 0.407. The van der Waals surface area contributed by atoms with E-state index in [1.54, 1.807) is 6.92 Å². The largest absolute Gasteiger partial charge is 0.305 e. The first kappa shape index (κ1) is 13.2. The van der Waals surface area contributed by atoms with E-state index < -0.39 is 10.0 Å². The minimum absolute atomic E-state index is 0.0229. The van der Waals surface area contributed by atoms with Gasteiger partial charge in [-0.25, -0.2) is 18.1 Å². The van der Waals surface area contributed by atoms with Crippen molar-refractivity contribution in [3.8, 4) is 0 Å². The monoisotopic (exact) mass is 295 g/mol. The third-order valence-corrected chi connectivity index (χ3v) is 6.08. The number of thiazole rings is 1. The summed E-state index contributed by atoms with van der Waals surface area (Å²) in [5.41, 5.74) is 0.457. The van der Waals surface area contributed by atoms with Crippen LogP contribution in [-0.4, -0.2) is 44.5 Å². The quantitative estimate of drug-likeness (QED) is 0.907. The number of sulfonamides is 1. The molecule has 5 nitrogen and oxygen atoms in total. The lowest BCUT2D eigenvalue weighted by Crippen LogP contribution is -2.36. The molecule has 1 fully saturated rings. The number of aromatic nitrogens is 1. The molecule has 1 unspecified atom stereocenters. The van der Waals surface area contributed by atoms with Crippen LogP contribution in [-0.2, 0) is 10.0 Å². The molecule has 1 aliphatic rings. The average Bonchev–Trinajstić information content (AvgIpc) is 2.72. The van der Waals surface area contributed by atoms with Crippen molar-refractivity contribution in [2.45, 2.75) is 23.6 Å². The smallest absolute Gasteiger partial charge is 0.252 e. The number of likely N-dealkylation sites (N-methyl/N-ethyl adjacent to an activating group) is 1. The minimum atomic E-state index is -3.48. The van der Waals surface area contributed by atoms with E-state index in [2.05, 4.69) is 14.6 Å². The number of hydrogen-bond donors (Lipinski definition) is 1. The predicted octanol–water partition coefficient (Wildman–Crippen LogP) is 1.09. The van der Waals surface area contributed by atoms with E-state index in [0.717, 1.165) is 30.8 Å². The van der Waals surface area contributed by atoms with Gasteiger partial charge < -0.3 is 4.90 Å². The number of likely N-dealkylation sites (tertiary alicyclic amines) is 1. The number of nitrogens with zero attached hydrogens (tertiary/aromatic N) is 2. The molecule has 0 spiro atoms. The van der Waals surface area contributed by atoms with Crippen LogP contribution in [0.25, 0.3) is 0 Å². The van der Waals surface area contributed by atoms with Gasteiger partial charge in [0.25, 0.3) is 10.0 Å². The maximum absolute atomic E-state index is 12.1. The van der Waals surface area contributed by atoms with Crippen molar-refractivity contribution >= 4 is 33.0 Å². The molecule has 0 bridgehead atoms. The Kier molecular flexibility index (Phi) is 3.74. The number of aryl methyl sites for hydroxylation is 1. The second kappa shape index (κ2) is 4.81. The molecule has 0 amide bonds. The Labute approximate surface area is 110 Å². The van der Waals surface area contributed by atoms with Crippen molar-refractivity contribution in [1.29, 1.82) is 0 Å². The lowest BCUT2D eigenvalue weighted by Gasteiger charge is -2.12. The molecule has 17 heavy (non-hydrogen) atoms. The molecule has 1 N–H and O–H groups in total. The van der Waals surface area contributed by atoms with Crippen LogP contribution in [0.1, 0.15) is 12.1 Å². The van der Waals surface area contributed by atoms with Crippen molar-refractivity contribution in [1.82, 2.24) is 14.6 Å². The van der Waals surface area contributed by atoms with Crippen molar-refractivity contribution < 1.29 is 8.42 Å². The lowest BCUT2D eigenvalue weighted by atomic mass is 10.3. The molecule has 2 rings (SSSR count). The van der Waals surface area contributed by atoms with E-state index >= 15 is 0 Å². The molecule has 2 heterocycles. The zero-order chi connectivity index (χ0) is 12.6. The molecule has 0 aliphatic carbocycles. The van der Waals surface area contributed by atoms with Crippen molar-refractivity contribution in [3.05, 3.63) is 10.2 Å². The van der Waals surface area contributed by atoms with Gasteiger partial charge in [-0.3, -0.25) is 0 Å². The Morgan fingerprint density at radius 2 is 2.29 bits per heavy atom. The first-order valence-electron chi connectivity index (χ1n) is 5.22. The second-order valence-electron chi connectivity index (χ2n) is 4.21. The van der Waals surface area contributed by atoms with Crippen LogP contribution in [0.5, 0.6) is 0 Å². The molecule has 96 valence electrons. The van der Waals surface area contributed by atoms with Gasteiger partial charge in [0, 0.05) is 12.6 Å². The summed E-state index contributed by atoms with van der Waals surface area (Å²) in [6, 6.07) is -0.0229. The fourth-order valence-corrected chi connectivity index (χ4v) is 4.92. The molecule has 1 aliphatic heterocycles. The summed E-state index contributed by atoms with van der Waals surface area (Å²) in [6.07, 6.45) is 0.835. The van der Waals surface area contributed by atoms with Gasteiger partial charge >= 0.3 is 0 Å². The maximum Gasteiger partial charge on any atom is 0.252 e. The predicted molar refractivity (Wildman–Crippen MR) is 68.1 cm³/mol. The van der Waals surface area contributed by atoms with E-state index in [4.69, 9.17) is 11.6 Å². The first-order chi connectivity index (χ1) is 7.88. The number of halogens is 1. The van der Waals surface area contributed by atoms with Gasteiger partial charge in [0.05, 0.1) is 5.69 Å². The van der Waals surface area contributed by atoms with Gasteiger partial charge in [-0.2, -0.15) is 0 Å². The molecule has 8 heteroatoms. The van der Waals surface area contributed by atoms with Crippen molar-refractivity contribution in [3.63, 3.8) is 0 Å². The summed E-state index contributed by atoms with van der Waals surface area (Å²) in [7, 11) is -1.51. The van der Waals surface area contributed by atoms with Crippen LogP contribution < -0.4 is 4.72 Å². The van der Waals surface area contributed by atoms with Crippen LogP contribution in [0, 0.1) is 6.92 Å².